The van der Waals surface area contributed by atoms with Crippen LogP contribution in [0.1, 0.15) is 37.2 Å². The summed E-state index contributed by atoms with van der Waals surface area (Å²) in [6, 6.07) is 8.33. The lowest BCUT2D eigenvalue weighted by molar-refractivity contribution is 0.919. The molecule has 0 unspecified atom stereocenters. The minimum Gasteiger partial charge on any atom is -0.370 e. The lowest BCUT2D eigenvalue weighted by Gasteiger charge is -2.12. The van der Waals surface area contributed by atoms with Crippen molar-refractivity contribution in [3.05, 3.63) is 41.2 Å². The molecule has 2 aromatic rings. The van der Waals surface area contributed by atoms with Crippen molar-refractivity contribution in [2.75, 3.05) is 17.2 Å². The molecule has 0 atom stereocenters. The molecule has 0 radical (unpaired) electrons. The molecule has 112 valence electrons. The third kappa shape index (κ3) is 4.18. The van der Waals surface area contributed by atoms with Gasteiger partial charge in [-0.25, -0.2) is 9.97 Å². The first-order valence-corrected chi connectivity index (χ1v) is 7.58. The van der Waals surface area contributed by atoms with E-state index in [9.17, 15) is 0 Å². The molecule has 21 heavy (non-hydrogen) atoms. The summed E-state index contributed by atoms with van der Waals surface area (Å²) in [4.78, 5) is 9.06. The van der Waals surface area contributed by atoms with Gasteiger partial charge in [-0.15, -0.1) is 0 Å². The second kappa shape index (κ2) is 7.07. The highest BCUT2D eigenvalue weighted by Crippen LogP contribution is 2.22. The highest BCUT2D eigenvalue weighted by Gasteiger charge is 2.05. The summed E-state index contributed by atoms with van der Waals surface area (Å²) in [5.74, 6) is 2.58. The Labute approximate surface area is 127 Å². The maximum atomic E-state index is 4.56. The van der Waals surface area contributed by atoms with Crippen LogP contribution in [0.2, 0.25) is 0 Å². The number of nitrogens with zero attached hydrogens (tertiary/aromatic N) is 2. The Hall–Kier alpha value is -2.10. The fraction of sp³-hybridized carbons (Fsp3) is 0.412. The van der Waals surface area contributed by atoms with Gasteiger partial charge in [0.15, 0.2) is 0 Å². The van der Waals surface area contributed by atoms with Crippen LogP contribution >= 0.6 is 0 Å². The average Bonchev–Trinajstić information content (AvgIpc) is 2.48. The smallest absolute Gasteiger partial charge is 0.136 e. The molecule has 1 heterocycles. The van der Waals surface area contributed by atoms with Gasteiger partial charge in [-0.05, 0) is 31.9 Å². The molecular weight excluding hydrogens is 260 g/mol. The number of nitrogens with one attached hydrogen (secondary N) is 2. The van der Waals surface area contributed by atoms with Crippen molar-refractivity contribution in [2.45, 2.75) is 40.5 Å². The van der Waals surface area contributed by atoms with Crippen molar-refractivity contribution in [3.63, 3.8) is 0 Å². The Balaban J connectivity index is 2.25. The number of rotatable bonds is 6. The fourth-order valence-electron chi connectivity index (χ4n) is 2.15. The van der Waals surface area contributed by atoms with E-state index >= 15 is 0 Å². The van der Waals surface area contributed by atoms with Crippen molar-refractivity contribution in [1.82, 2.24) is 9.97 Å². The molecule has 0 amide bonds. The molecule has 0 aliphatic rings. The second-order valence-corrected chi connectivity index (χ2v) is 5.28. The van der Waals surface area contributed by atoms with Gasteiger partial charge in [-0.2, -0.15) is 0 Å². The summed E-state index contributed by atoms with van der Waals surface area (Å²) in [7, 11) is 0. The Morgan fingerprint density at radius 2 is 1.76 bits per heavy atom. The lowest BCUT2D eigenvalue weighted by atomic mass is 10.1. The monoisotopic (exact) mass is 284 g/mol. The zero-order valence-corrected chi connectivity index (χ0v) is 13.3. The third-order valence-electron chi connectivity index (χ3n) is 3.29. The molecule has 2 rings (SSSR count). The summed E-state index contributed by atoms with van der Waals surface area (Å²) in [6.07, 6.45) is 1.90. The number of aryl methyl sites for hydroxylation is 3. The second-order valence-electron chi connectivity index (χ2n) is 5.28. The number of anilines is 3. The van der Waals surface area contributed by atoms with Gasteiger partial charge in [0, 0.05) is 24.7 Å². The molecule has 4 heteroatoms. The van der Waals surface area contributed by atoms with Crippen LogP contribution in [-0.2, 0) is 6.42 Å². The van der Waals surface area contributed by atoms with Gasteiger partial charge in [0.2, 0.25) is 0 Å². The van der Waals surface area contributed by atoms with Crippen molar-refractivity contribution in [3.8, 4) is 0 Å². The minimum absolute atomic E-state index is 0.823. The van der Waals surface area contributed by atoms with Crippen molar-refractivity contribution < 1.29 is 0 Å². The minimum atomic E-state index is 0.823. The zero-order valence-electron chi connectivity index (χ0n) is 13.3. The SMILES string of the molecule is CCCNc1cc(Nc2ccc(C)cc2C)nc(CC)n1. The molecule has 2 N–H and O–H groups in total. The van der Waals surface area contributed by atoms with Gasteiger partial charge in [-0.3, -0.25) is 0 Å². The predicted octanol–water partition coefficient (Wildman–Crippen LogP) is 4.22. The molecule has 1 aromatic heterocycles. The zero-order chi connectivity index (χ0) is 15.2. The van der Waals surface area contributed by atoms with Crippen LogP contribution in [0.15, 0.2) is 24.3 Å². The topological polar surface area (TPSA) is 49.8 Å². The van der Waals surface area contributed by atoms with Gasteiger partial charge in [0.25, 0.3) is 0 Å². The number of hydrogen-bond acceptors (Lipinski definition) is 4. The predicted molar refractivity (Wildman–Crippen MR) is 89.4 cm³/mol. The van der Waals surface area contributed by atoms with Crippen LogP contribution < -0.4 is 10.6 Å². The number of benzene rings is 1. The van der Waals surface area contributed by atoms with E-state index in [2.05, 4.69) is 66.5 Å². The Morgan fingerprint density at radius 3 is 2.43 bits per heavy atom. The lowest BCUT2D eigenvalue weighted by Crippen LogP contribution is -2.07. The van der Waals surface area contributed by atoms with E-state index in [0.29, 0.717) is 0 Å². The van der Waals surface area contributed by atoms with E-state index in [0.717, 1.165) is 42.5 Å². The molecular formula is C17H24N4. The summed E-state index contributed by atoms with van der Waals surface area (Å²) in [5, 5.41) is 6.73. The molecule has 4 nitrogen and oxygen atoms in total. The third-order valence-corrected chi connectivity index (χ3v) is 3.29. The molecule has 0 aliphatic heterocycles. The molecule has 0 saturated heterocycles. The van der Waals surface area contributed by atoms with Crippen LogP contribution in [0, 0.1) is 13.8 Å². The Kier molecular flexibility index (Phi) is 5.14. The van der Waals surface area contributed by atoms with Gasteiger partial charge in [0.05, 0.1) is 0 Å². The van der Waals surface area contributed by atoms with E-state index < -0.39 is 0 Å². The van der Waals surface area contributed by atoms with Crippen LogP contribution in [0.4, 0.5) is 17.3 Å². The van der Waals surface area contributed by atoms with Crippen molar-refractivity contribution >= 4 is 17.3 Å². The van der Waals surface area contributed by atoms with Crippen molar-refractivity contribution in [2.24, 2.45) is 0 Å². The standard InChI is InChI=1S/C17H24N4/c1-5-9-18-16-11-17(21-15(6-2)20-16)19-14-8-7-12(3)10-13(14)4/h7-8,10-11H,5-6,9H2,1-4H3,(H2,18,19,20,21). The summed E-state index contributed by atoms with van der Waals surface area (Å²) >= 11 is 0. The van der Waals surface area contributed by atoms with E-state index in [1.807, 2.05) is 6.07 Å². The highest BCUT2D eigenvalue weighted by atomic mass is 15.1. The molecule has 0 bridgehead atoms. The van der Waals surface area contributed by atoms with Gasteiger partial charge >= 0.3 is 0 Å². The normalized spacial score (nSPS) is 10.5. The first kappa shape index (κ1) is 15.3. The Morgan fingerprint density at radius 1 is 1.00 bits per heavy atom. The van der Waals surface area contributed by atoms with Gasteiger partial charge in [-0.1, -0.05) is 31.5 Å². The molecule has 0 saturated carbocycles. The van der Waals surface area contributed by atoms with Gasteiger partial charge in [0.1, 0.15) is 17.5 Å². The largest absolute Gasteiger partial charge is 0.370 e. The van der Waals surface area contributed by atoms with Crippen molar-refractivity contribution in [1.29, 1.82) is 0 Å². The van der Waals surface area contributed by atoms with Crippen LogP contribution in [0.5, 0.6) is 0 Å². The number of hydrogen-bond donors (Lipinski definition) is 2. The number of aromatic nitrogens is 2. The molecule has 0 aliphatic carbocycles. The Bertz CT molecular complexity index is 608. The molecule has 0 fully saturated rings. The molecule has 1 aromatic carbocycles. The van der Waals surface area contributed by atoms with Crippen LogP contribution in [0.3, 0.4) is 0 Å². The average molecular weight is 284 g/mol. The summed E-state index contributed by atoms with van der Waals surface area (Å²) < 4.78 is 0. The van der Waals surface area contributed by atoms with Crippen LogP contribution in [-0.4, -0.2) is 16.5 Å². The maximum Gasteiger partial charge on any atom is 0.136 e. The van der Waals surface area contributed by atoms with E-state index in [1.54, 1.807) is 0 Å². The van der Waals surface area contributed by atoms with E-state index in [1.165, 1.54) is 11.1 Å². The van der Waals surface area contributed by atoms with Gasteiger partial charge < -0.3 is 10.6 Å². The van der Waals surface area contributed by atoms with E-state index in [-0.39, 0.29) is 0 Å². The quantitative estimate of drug-likeness (QED) is 0.833. The maximum absolute atomic E-state index is 4.56. The summed E-state index contributed by atoms with van der Waals surface area (Å²) in [6.45, 7) is 9.34. The molecule has 0 spiro atoms. The van der Waals surface area contributed by atoms with Crippen LogP contribution in [0.25, 0.3) is 0 Å². The fourth-order valence-corrected chi connectivity index (χ4v) is 2.15. The highest BCUT2D eigenvalue weighted by molar-refractivity contribution is 5.63. The van der Waals surface area contributed by atoms with E-state index in [4.69, 9.17) is 0 Å². The first-order chi connectivity index (χ1) is 10.1. The summed E-state index contributed by atoms with van der Waals surface area (Å²) in [5.41, 5.74) is 3.57. The first-order valence-electron chi connectivity index (χ1n) is 7.58.